The number of nitrogens with one attached hydrogen (secondary N) is 1. The van der Waals surface area contributed by atoms with Crippen molar-refractivity contribution >= 4 is 44.4 Å². The van der Waals surface area contributed by atoms with Gasteiger partial charge in [0.05, 0.1) is 42.1 Å². The lowest BCUT2D eigenvalue weighted by molar-refractivity contribution is -0.142. The Kier molecular flexibility index (Phi) is 10.6. The molecule has 15 heteroatoms. The first-order valence-electron chi connectivity index (χ1n) is 19.2. The maximum atomic E-state index is 14.4. The van der Waals surface area contributed by atoms with E-state index < -0.39 is 39.8 Å². The van der Waals surface area contributed by atoms with Gasteiger partial charge in [0.1, 0.15) is 12.3 Å². The zero-order chi connectivity index (χ0) is 40.3. The quantitative estimate of drug-likeness (QED) is 0.199. The van der Waals surface area contributed by atoms with Crippen molar-refractivity contribution in [3.63, 3.8) is 0 Å². The molecular weight excluding hydrogens is 746 g/mol. The van der Waals surface area contributed by atoms with Crippen LogP contribution in [0.3, 0.4) is 0 Å². The number of likely N-dealkylation sites (N-methyl/N-ethyl adjacent to an activating group) is 1. The van der Waals surface area contributed by atoms with Gasteiger partial charge in [-0.1, -0.05) is 25.3 Å². The molecule has 7 rings (SSSR count). The van der Waals surface area contributed by atoms with E-state index in [1.165, 1.54) is 20.0 Å². The second-order valence-electron chi connectivity index (χ2n) is 15.8. The van der Waals surface area contributed by atoms with Gasteiger partial charge in [-0.3, -0.25) is 19.2 Å². The van der Waals surface area contributed by atoms with Crippen LogP contribution >= 0.6 is 0 Å². The monoisotopic (exact) mass is 794 g/mol. The van der Waals surface area contributed by atoms with Crippen LogP contribution < -0.4 is 9.46 Å². The first kappa shape index (κ1) is 39.6. The summed E-state index contributed by atoms with van der Waals surface area (Å²) in [7, 11) is -0.399. The van der Waals surface area contributed by atoms with Crippen LogP contribution in [0.15, 0.2) is 42.6 Å². The number of carbonyl (C=O) groups is 2. The van der Waals surface area contributed by atoms with Gasteiger partial charge in [0.15, 0.2) is 0 Å². The van der Waals surface area contributed by atoms with Crippen molar-refractivity contribution in [1.82, 2.24) is 28.9 Å². The molecule has 2 atom stereocenters. The van der Waals surface area contributed by atoms with E-state index in [1.54, 1.807) is 24.1 Å². The van der Waals surface area contributed by atoms with E-state index >= 15 is 0 Å². The summed E-state index contributed by atoms with van der Waals surface area (Å²) >= 11 is 0. The number of halogens is 3. The molecule has 0 radical (unpaired) electrons. The highest BCUT2D eigenvalue weighted by molar-refractivity contribution is 7.90. The van der Waals surface area contributed by atoms with Crippen molar-refractivity contribution in [1.29, 1.82) is 0 Å². The Morgan fingerprint density at radius 2 is 1.70 bits per heavy atom. The van der Waals surface area contributed by atoms with Crippen molar-refractivity contribution < 1.29 is 35.9 Å². The number of sulfonamides is 1. The SMILES string of the molecule is COc1ccc2c(c1)C=C(c1c(C(=O)N3C[C@@H](C)N(C)[C@@H](C)C3)cnn1CC(F)(F)F)Cn1c-2c(C2CCCCC2)c2ccc(C(=O)NS(=O)(=O)C(C)C)cc21. The number of hydrogen-bond donors (Lipinski definition) is 1. The summed E-state index contributed by atoms with van der Waals surface area (Å²) in [5.74, 6) is -0.471. The van der Waals surface area contributed by atoms with Crippen LogP contribution in [0.4, 0.5) is 13.2 Å². The van der Waals surface area contributed by atoms with Crippen molar-refractivity contribution in [3.05, 3.63) is 70.5 Å². The average Bonchev–Trinajstić information content (AvgIpc) is 3.65. The molecular formula is C41H49F3N6O5S. The molecule has 3 aliphatic rings. The van der Waals surface area contributed by atoms with Gasteiger partial charge in [-0.15, -0.1) is 0 Å². The highest BCUT2D eigenvalue weighted by Crippen LogP contribution is 2.48. The summed E-state index contributed by atoms with van der Waals surface area (Å²) in [6, 6.07) is 10.8. The van der Waals surface area contributed by atoms with E-state index in [9.17, 15) is 31.2 Å². The number of hydrogen-bond acceptors (Lipinski definition) is 7. The standard InChI is InChI=1S/C41H49F3N6O5S/c1-24(2)56(53,54)46-39(51)28-12-14-33-35(18-28)49-22-30(16-29-17-31(55-6)13-15-32(29)38(49)36(33)27-10-8-7-9-11-27)37-34(19-45-50(37)23-41(42,43)44)40(52)48-20-25(3)47(5)26(4)21-48/h12-19,24-27H,7-11,20-23H2,1-6H3,(H,46,51)/t25-,26+. The number of aromatic nitrogens is 3. The number of nitrogens with zero attached hydrogens (tertiary/aromatic N) is 5. The summed E-state index contributed by atoms with van der Waals surface area (Å²) in [6.07, 6.45) is 3.49. The number of piperazine rings is 1. The fraction of sp³-hybridized carbons (Fsp3) is 0.488. The first-order valence-corrected chi connectivity index (χ1v) is 20.8. The number of benzene rings is 2. The fourth-order valence-corrected chi connectivity index (χ4v) is 9.16. The largest absolute Gasteiger partial charge is 0.497 e. The Labute approximate surface area is 325 Å². The molecule has 2 fully saturated rings. The molecule has 0 unspecified atom stereocenters. The number of allylic oxidation sites excluding steroid dienone is 1. The van der Waals surface area contributed by atoms with Crippen molar-refractivity contribution in [2.24, 2.45) is 0 Å². The maximum Gasteiger partial charge on any atom is 0.408 e. The van der Waals surface area contributed by atoms with Gasteiger partial charge in [-0.25, -0.2) is 13.1 Å². The first-order chi connectivity index (χ1) is 26.5. The minimum Gasteiger partial charge on any atom is -0.497 e. The van der Waals surface area contributed by atoms with E-state index in [1.807, 2.05) is 55.8 Å². The van der Waals surface area contributed by atoms with Crippen LogP contribution in [-0.2, 0) is 23.1 Å². The molecule has 1 saturated heterocycles. The van der Waals surface area contributed by atoms with Crippen LogP contribution in [0, 0.1) is 0 Å². The van der Waals surface area contributed by atoms with Gasteiger partial charge >= 0.3 is 6.18 Å². The van der Waals surface area contributed by atoms with Crippen LogP contribution in [0.2, 0.25) is 0 Å². The molecule has 0 bridgehead atoms. The number of methoxy groups -OCH3 is 1. The van der Waals surface area contributed by atoms with Gasteiger partial charge in [0, 0.05) is 47.2 Å². The summed E-state index contributed by atoms with van der Waals surface area (Å²) in [5.41, 5.74) is 4.75. The lowest BCUT2D eigenvalue weighted by atomic mass is 9.81. The normalized spacial score (nSPS) is 19.8. The molecule has 2 amide bonds. The van der Waals surface area contributed by atoms with E-state index in [4.69, 9.17) is 4.74 Å². The molecule has 2 aliphatic heterocycles. The molecule has 4 heterocycles. The van der Waals surface area contributed by atoms with Crippen LogP contribution in [0.25, 0.3) is 33.8 Å². The molecule has 300 valence electrons. The second kappa shape index (κ2) is 15.0. The minimum atomic E-state index is -4.64. The van der Waals surface area contributed by atoms with E-state index in [0.29, 0.717) is 35.5 Å². The Morgan fingerprint density at radius 3 is 2.34 bits per heavy atom. The predicted octanol–water partition coefficient (Wildman–Crippen LogP) is 7.31. The molecule has 1 N–H and O–H groups in total. The predicted molar refractivity (Wildman–Crippen MR) is 210 cm³/mol. The molecule has 0 spiro atoms. The summed E-state index contributed by atoms with van der Waals surface area (Å²) < 4.78 is 79.0. The minimum absolute atomic E-state index is 0.0294. The zero-order valence-corrected chi connectivity index (χ0v) is 33.4. The van der Waals surface area contributed by atoms with Gasteiger partial charge in [-0.2, -0.15) is 18.3 Å². The average molecular weight is 795 g/mol. The summed E-state index contributed by atoms with van der Waals surface area (Å²) in [6.45, 7) is 6.41. The number of ether oxygens (including phenoxy) is 1. The fourth-order valence-electron chi connectivity index (χ4n) is 8.54. The number of carbonyl (C=O) groups excluding carboxylic acids is 2. The zero-order valence-electron chi connectivity index (χ0n) is 32.6. The highest BCUT2D eigenvalue weighted by Gasteiger charge is 2.37. The lowest BCUT2D eigenvalue weighted by Gasteiger charge is -2.42. The topological polar surface area (TPSA) is 119 Å². The van der Waals surface area contributed by atoms with E-state index in [0.717, 1.165) is 59.0 Å². The van der Waals surface area contributed by atoms with Gasteiger partial charge in [0.2, 0.25) is 10.0 Å². The Bertz CT molecular complexity index is 2310. The maximum absolute atomic E-state index is 14.4. The number of amides is 2. The third-order valence-electron chi connectivity index (χ3n) is 11.8. The van der Waals surface area contributed by atoms with Crippen molar-refractivity contribution in [2.75, 3.05) is 27.2 Å². The van der Waals surface area contributed by atoms with Crippen LogP contribution in [0.5, 0.6) is 5.75 Å². The molecule has 2 aromatic heterocycles. The number of rotatable bonds is 8. The van der Waals surface area contributed by atoms with Crippen LogP contribution in [-0.4, -0.2) is 95.1 Å². The third-order valence-corrected chi connectivity index (χ3v) is 13.5. The molecule has 11 nitrogen and oxygen atoms in total. The number of alkyl halides is 3. The second-order valence-corrected chi connectivity index (χ2v) is 18.1. The highest BCUT2D eigenvalue weighted by atomic mass is 32.2. The number of fused-ring (bicyclic) bond motifs is 5. The Balaban J connectivity index is 1.47. The van der Waals surface area contributed by atoms with Crippen molar-refractivity contribution in [2.45, 2.75) is 102 Å². The van der Waals surface area contributed by atoms with Gasteiger partial charge in [0.25, 0.3) is 11.8 Å². The summed E-state index contributed by atoms with van der Waals surface area (Å²) in [5, 5.41) is 4.24. The van der Waals surface area contributed by atoms with Crippen molar-refractivity contribution in [3.8, 4) is 17.0 Å². The van der Waals surface area contributed by atoms with Gasteiger partial charge in [-0.05, 0) is 107 Å². The van der Waals surface area contributed by atoms with Gasteiger partial charge < -0.3 is 14.2 Å². The molecule has 2 aromatic carbocycles. The lowest BCUT2D eigenvalue weighted by Crippen LogP contribution is -2.56. The van der Waals surface area contributed by atoms with E-state index in [2.05, 4.69) is 14.7 Å². The molecule has 1 saturated carbocycles. The molecule has 56 heavy (non-hydrogen) atoms. The Morgan fingerprint density at radius 1 is 1.00 bits per heavy atom. The molecule has 1 aliphatic carbocycles. The Hall–Kier alpha value is -4.63. The smallest absolute Gasteiger partial charge is 0.408 e. The van der Waals surface area contributed by atoms with Crippen LogP contribution in [0.1, 0.15) is 103 Å². The summed E-state index contributed by atoms with van der Waals surface area (Å²) in [4.78, 5) is 31.8. The third kappa shape index (κ3) is 7.47. The van der Waals surface area contributed by atoms with E-state index in [-0.39, 0.29) is 41.4 Å². The molecule has 4 aromatic rings.